The summed E-state index contributed by atoms with van der Waals surface area (Å²) in [5.74, 6) is 0. The van der Waals surface area contributed by atoms with Gasteiger partial charge < -0.3 is 4.98 Å². The third-order valence-corrected chi connectivity index (χ3v) is 4.85. The van der Waals surface area contributed by atoms with Crippen molar-refractivity contribution in [3.63, 3.8) is 0 Å². The van der Waals surface area contributed by atoms with Crippen LogP contribution in [0.25, 0.3) is 43.9 Å². The van der Waals surface area contributed by atoms with E-state index in [0.29, 0.717) is 0 Å². The van der Waals surface area contributed by atoms with Crippen LogP contribution < -0.4 is 0 Å². The predicted molar refractivity (Wildman–Crippen MR) is 109 cm³/mol. The Balaban J connectivity index is 0.00000180. The van der Waals surface area contributed by atoms with Gasteiger partial charge in [0.15, 0.2) is 0 Å². The number of aromatic nitrogens is 1. The zero-order chi connectivity index (χ0) is 17.3. The van der Waals surface area contributed by atoms with E-state index >= 15 is 0 Å². The van der Waals surface area contributed by atoms with Crippen LogP contribution in [0.1, 0.15) is 0 Å². The smallest absolute Gasteiger partial charge is 0.0167 e. The van der Waals surface area contributed by atoms with Gasteiger partial charge in [0.2, 0.25) is 0 Å². The van der Waals surface area contributed by atoms with Crippen LogP contribution in [-0.2, 0) is 20.1 Å². The van der Waals surface area contributed by atoms with Crippen molar-refractivity contribution >= 4 is 21.7 Å². The van der Waals surface area contributed by atoms with Crippen LogP contribution in [0.2, 0.25) is 0 Å². The monoisotopic (exact) mass is 523 g/mol. The van der Waals surface area contributed by atoms with Crippen LogP contribution in [0.5, 0.6) is 0 Å². The first-order valence-corrected chi connectivity index (χ1v) is 8.75. The minimum Gasteiger partial charge on any atom is -0.304 e. The quantitative estimate of drug-likeness (QED) is 0.190. The van der Waals surface area contributed by atoms with Crippen molar-refractivity contribution in [2.45, 2.75) is 0 Å². The molecule has 0 unspecified atom stereocenters. The van der Waals surface area contributed by atoms with Gasteiger partial charge in [-0.3, -0.25) is 0 Å². The van der Waals surface area contributed by atoms with Crippen LogP contribution in [0.3, 0.4) is 0 Å². The fraction of sp³-hybridized carbons (Fsp3) is 0. The van der Waals surface area contributed by atoms with E-state index in [-0.39, 0.29) is 20.1 Å². The normalized spacial score (nSPS) is 10.7. The van der Waals surface area contributed by atoms with E-state index in [1.165, 1.54) is 27.6 Å². The Morgan fingerprint density at radius 3 is 1.85 bits per heavy atom. The molecular weight excluding hydrogens is 506 g/mol. The second-order valence-corrected chi connectivity index (χ2v) is 6.37. The Kier molecular flexibility index (Phi) is 4.85. The molecule has 1 heterocycles. The topological polar surface area (TPSA) is 12.9 Å². The molecule has 0 aliphatic heterocycles. The number of hydrogen-bond donors (Lipinski definition) is 0. The summed E-state index contributed by atoms with van der Waals surface area (Å²) in [7, 11) is 0. The predicted octanol–water partition coefficient (Wildman–Crippen LogP) is 6.52. The molecule has 0 saturated heterocycles. The van der Waals surface area contributed by atoms with Crippen LogP contribution >= 0.6 is 0 Å². The zero-order valence-corrected chi connectivity index (χ0v) is 16.9. The minimum absolute atomic E-state index is 0. The van der Waals surface area contributed by atoms with Crippen LogP contribution in [0, 0.1) is 6.07 Å². The number of fused-ring (bicyclic) bond motifs is 3. The molecule has 0 N–H and O–H groups in total. The average molecular weight is 523 g/mol. The first-order chi connectivity index (χ1) is 12.9. The van der Waals surface area contributed by atoms with E-state index in [9.17, 15) is 0 Å². The fourth-order valence-electron chi connectivity index (χ4n) is 3.63. The third-order valence-electron chi connectivity index (χ3n) is 4.85. The molecule has 1 nitrogen and oxygen atoms in total. The van der Waals surface area contributed by atoms with Gasteiger partial charge in [-0.1, -0.05) is 83.7 Å². The molecule has 4 aromatic carbocycles. The molecule has 0 aliphatic carbocycles. The maximum absolute atomic E-state index is 4.70. The second-order valence-electron chi connectivity index (χ2n) is 6.37. The summed E-state index contributed by atoms with van der Waals surface area (Å²) in [5, 5.41) is 3.42. The molecular formula is C25H16IrN-. The molecule has 0 bridgehead atoms. The molecule has 0 saturated carbocycles. The molecule has 0 fully saturated rings. The zero-order valence-electron chi connectivity index (χ0n) is 14.5. The summed E-state index contributed by atoms with van der Waals surface area (Å²) in [6, 6.07) is 35.0. The van der Waals surface area contributed by atoms with Crippen LogP contribution in [0.4, 0.5) is 0 Å². The number of benzene rings is 4. The van der Waals surface area contributed by atoms with Gasteiger partial charge in [-0.25, -0.2) is 0 Å². The first kappa shape index (κ1) is 17.6. The molecule has 0 aliphatic rings. The fourth-order valence-corrected chi connectivity index (χ4v) is 3.63. The van der Waals surface area contributed by atoms with Gasteiger partial charge >= 0.3 is 0 Å². The van der Waals surface area contributed by atoms with Crippen molar-refractivity contribution < 1.29 is 20.1 Å². The standard InChI is InChI=1S/C25H16N.Ir/c1-3-8-18(9-4-1)20-12-7-13-23-22(20)14-15-24-21(16-17-26-25(23)24)19-10-5-2-6-11-19;/h1-12,14-17H;/q-1;. The minimum atomic E-state index is 0. The Morgan fingerprint density at radius 1 is 0.593 bits per heavy atom. The first-order valence-electron chi connectivity index (χ1n) is 8.75. The van der Waals surface area contributed by atoms with Crippen molar-refractivity contribution in [1.82, 2.24) is 4.98 Å². The number of rotatable bonds is 2. The van der Waals surface area contributed by atoms with Crippen molar-refractivity contribution in [2.24, 2.45) is 0 Å². The van der Waals surface area contributed by atoms with Gasteiger partial charge in [0.05, 0.1) is 0 Å². The molecule has 0 spiro atoms. The van der Waals surface area contributed by atoms with Crippen molar-refractivity contribution in [3.05, 3.63) is 103 Å². The SMILES string of the molecule is [Ir].[c-]1ccc(-c2ccccc2)c2ccc3c(-c4ccccc4)ccnc3c12. The largest absolute Gasteiger partial charge is 0.304 e. The van der Waals surface area contributed by atoms with Crippen LogP contribution in [0.15, 0.2) is 97.2 Å². The number of hydrogen-bond acceptors (Lipinski definition) is 1. The molecule has 27 heavy (non-hydrogen) atoms. The Morgan fingerprint density at radius 2 is 1.19 bits per heavy atom. The Labute approximate surface area is 172 Å². The van der Waals surface area contributed by atoms with Gasteiger partial charge in [0.1, 0.15) is 0 Å². The van der Waals surface area contributed by atoms with E-state index < -0.39 is 0 Å². The van der Waals surface area contributed by atoms with E-state index in [0.717, 1.165) is 16.3 Å². The van der Waals surface area contributed by atoms with Gasteiger partial charge in [-0.2, -0.15) is 0 Å². The summed E-state index contributed by atoms with van der Waals surface area (Å²) in [5.41, 5.74) is 5.84. The molecule has 0 atom stereocenters. The van der Waals surface area contributed by atoms with Gasteiger partial charge in [-0.15, -0.1) is 23.6 Å². The van der Waals surface area contributed by atoms with E-state index in [1.807, 2.05) is 24.4 Å². The molecule has 1 radical (unpaired) electrons. The van der Waals surface area contributed by atoms with Gasteiger partial charge in [0, 0.05) is 26.3 Å². The molecule has 5 aromatic rings. The maximum Gasteiger partial charge on any atom is 0.0167 e. The van der Waals surface area contributed by atoms with E-state index in [1.54, 1.807) is 0 Å². The van der Waals surface area contributed by atoms with Crippen LogP contribution in [-0.4, -0.2) is 4.98 Å². The molecule has 0 amide bonds. The summed E-state index contributed by atoms with van der Waals surface area (Å²) >= 11 is 0. The van der Waals surface area contributed by atoms with Crippen molar-refractivity contribution in [2.75, 3.05) is 0 Å². The molecule has 1 aromatic heterocycles. The van der Waals surface area contributed by atoms with Gasteiger partial charge in [-0.05, 0) is 33.7 Å². The van der Waals surface area contributed by atoms with Crippen molar-refractivity contribution in [1.29, 1.82) is 0 Å². The van der Waals surface area contributed by atoms with Gasteiger partial charge in [0.25, 0.3) is 0 Å². The summed E-state index contributed by atoms with van der Waals surface area (Å²) in [6.07, 6.45) is 1.90. The van der Waals surface area contributed by atoms with E-state index in [2.05, 4.69) is 78.9 Å². The summed E-state index contributed by atoms with van der Waals surface area (Å²) in [4.78, 5) is 4.70. The number of pyridine rings is 1. The van der Waals surface area contributed by atoms with Crippen molar-refractivity contribution in [3.8, 4) is 22.3 Å². The molecule has 2 heteroatoms. The molecule has 5 rings (SSSR count). The summed E-state index contributed by atoms with van der Waals surface area (Å²) in [6.45, 7) is 0. The maximum atomic E-state index is 4.70. The number of nitrogens with zero attached hydrogens (tertiary/aromatic N) is 1. The average Bonchev–Trinajstić information content (AvgIpc) is 2.74. The van der Waals surface area contributed by atoms with E-state index in [4.69, 9.17) is 4.98 Å². The third kappa shape index (κ3) is 3.08. The Hall–Kier alpha value is -2.80. The molecule has 131 valence electrons. The second kappa shape index (κ2) is 7.44. The summed E-state index contributed by atoms with van der Waals surface area (Å²) < 4.78 is 0. The Bertz CT molecular complexity index is 1120.